The molecule has 222 valence electrons. The zero-order valence-electron chi connectivity index (χ0n) is 24.6. The average Bonchev–Trinajstić information content (AvgIpc) is 3.48. The first kappa shape index (κ1) is 29.5. The molecule has 2 aliphatic rings. The van der Waals surface area contributed by atoms with E-state index in [1.165, 1.54) is 19.3 Å². The van der Waals surface area contributed by atoms with Gasteiger partial charge in [-0.05, 0) is 103 Å². The third kappa shape index (κ3) is 7.45. The summed E-state index contributed by atoms with van der Waals surface area (Å²) >= 11 is 0. The van der Waals surface area contributed by atoms with Crippen LogP contribution >= 0.6 is 0 Å². The van der Waals surface area contributed by atoms with Crippen LogP contribution < -0.4 is 14.2 Å². The zero-order valence-corrected chi connectivity index (χ0v) is 24.6. The Hall–Kier alpha value is -3.97. The van der Waals surface area contributed by atoms with Gasteiger partial charge in [0.2, 0.25) is 6.79 Å². The Morgan fingerprint density at radius 1 is 0.881 bits per heavy atom. The largest absolute Gasteiger partial charge is 0.508 e. The first-order valence-electron chi connectivity index (χ1n) is 15.1. The number of benzene rings is 3. The number of hydrogen-bond donors (Lipinski definition) is 1. The van der Waals surface area contributed by atoms with Gasteiger partial charge in [0.15, 0.2) is 11.5 Å². The third-order valence-electron chi connectivity index (χ3n) is 7.77. The number of carbonyl (C=O) groups is 1. The van der Waals surface area contributed by atoms with Crippen LogP contribution in [-0.2, 0) is 9.53 Å². The maximum absolute atomic E-state index is 12.3. The smallest absolute Gasteiger partial charge is 0.306 e. The van der Waals surface area contributed by atoms with E-state index < -0.39 is 0 Å². The Morgan fingerprint density at radius 2 is 1.55 bits per heavy atom. The van der Waals surface area contributed by atoms with Crippen molar-refractivity contribution in [2.75, 3.05) is 33.0 Å². The van der Waals surface area contributed by atoms with E-state index in [1.54, 1.807) is 12.1 Å². The van der Waals surface area contributed by atoms with E-state index in [9.17, 15) is 9.90 Å². The number of phenolic OH excluding ortho intramolecular Hbond substituents is 1. The van der Waals surface area contributed by atoms with E-state index in [2.05, 4.69) is 30.0 Å². The lowest BCUT2D eigenvalue weighted by atomic mass is 9.88. The Kier molecular flexibility index (Phi) is 10.0. The summed E-state index contributed by atoms with van der Waals surface area (Å²) in [6, 6.07) is 21.4. The second kappa shape index (κ2) is 14.3. The Labute approximate surface area is 248 Å². The lowest BCUT2D eigenvalue weighted by Crippen LogP contribution is -2.41. The minimum atomic E-state index is -0.313. The van der Waals surface area contributed by atoms with Gasteiger partial charge in [-0.2, -0.15) is 0 Å². The molecule has 2 heterocycles. The minimum absolute atomic E-state index is 0.169. The zero-order chi connectivity index (χ0) is 29.3. The SMILES string of the molecule is CCCC(=O)OC(COc1ccc(C(=C(CC)c2ccc3c(c2)OCO3)c2ccc(O)cc2)cc1)CN1CCCCC1. The number of likely N-dealkylation sites (tertiary alicyclic amines) is 1. The molecule has 0 amide bonds. The van der Waals surface area contributed by atoms with E-state index in [0.29, 0.717) is 19.6 Å². The van der Waals surface area contributed by atoms with Crippen LogP contribution in [0.4, 0.5) is 0 Å². The number of hydrogen-bond acceptors (Lipinski definition) is 7. The number of phenols is 1. The average molecular weight is 572 g/mol. The number of nitrogens with zero attached hydrogens (tertiary/aromatic N) is 1. The summed E-state index contributed by atoms with van der Waals surface area (Å²) in [4.78, 5) is 14.7. The van der Waals surface area contributed by atoms with Gasteiger partial charge >= 0.3 is 5.97 Å². The molecule has 0 saturated carbocycles. The Morgan fingerprint density at radius 3 is 2.24 bits per heavy atom. The van der Waals surface area contributed by atoms with E-state index in [0.717, 1.165) is 71.0 Å². The van der Waals surface area contributed by atoms with Crippen LogP contribution in [0.2, 0.25) is 0 Å². The van der Waals surface area contributed by atoms with Gasteiger partial charge in [0.1, 0.15) is 24.2 Å². The normalized spacial score (nSPS) is 16.0. The molecule has 1 atom stereocenters. The molecular formula is C35H41NO6. The van der Waals surface area contributed by atoms with Crippen LogP contribution in [0, 0.1) is 0 Å². The van der Waals surface area contributed by atoms with Gasteiger partial charge in [-0.15, -0.1) is 0 Å². The van der Waals surface area contributed by atoms with Crippen molar-refractivity contribution in [2.45, 2.75) is 58.5 Å². The van der Waals surface area contributed by atoms with E-state index in [4.69, 9.17) is 18.9 Å². The molecule has 1 fully saturated rings. The summed E-state index contributed by atoms with van der Waals surface area (Å²) in [6.45, 7) is 7.42. The molecular weight excluding hydrogens is 530 g/mol. The standard InChI is InChI=1S/C35H41NO6/c1-3-8-34(38)42-30(22-36-19-6-5-7-20-36)23-39-29-16-11-26(12-17-29)35(25-9-14-28(37)15-10-25)31(4-2)27-13-18-32-33(21-27)41-24-40-32/h9-18,21,30,37H,3-8,19-20,22-24H2,1-2H3. The van der Waals surface area contributed by atoms with Crippen molar-refractivity contribution in [3.05, 3.63) is 83.4 Å². The quantitative estimate of drug-likeness (QED) is 0.184. The van der Waals surface area contributed by atoms with Crippen LogP contribution in [0.3, 0.4) is 0 Å². The monoisotopic (exact) mass is 571 g/mol. The number of carbonyl (C=O) groups excluding carboxylic acids is 1. The van der Waals surface area contributed by atoms with Gasteiger partial charge in [0.25, 0.3) is 0 Å². The molecule has 0 bridgehead atoms. The minimum Gasteiger partial charge on any atom is -0.508 e. The van der Waals surface area contributed by atoms with Gasteiger partial charge in [-0.25, -0.2) is 0 Å². The molecule has 3 aromatic carbocycles. The molecule has 5 rings (SSSR count). The molecule has 42 heavy (non-hydrogen) atoms. The van der Waals surface area contributed by atoms with Crippen molar-refractivity contribution < 1.29 is 28.8 Å². The van der Waals surface area contributed by atoms with E-state index in [1.807, 2.05) is 43.3 Å². The van der Waals surface area contributed by atoms with Crippen molar-refractivity contribution in [3.8, 4) is 23.0 Å². The van der Waals surface area contributed by atoms with Gasteiger partial charge in [-0.3, -0.25) is 9.69 Å². The van der Waals surface area contributed by atoms with Crippen LogP contribution in [0.15, 0.2) is 66.7 Å². The fourth-order valence-corrected chi connectivity index (χ4v) is 5.66. The number of piperidine rings is 1. The second-order valence-corrected chi connectivity index (χ2v) is 10.9. The maximum Gasteiger partial charge on any atom is 0.306 e. The highest BCUT2D eigenvalue weighted by Gasteiger charge is 2.22. The summed E-state index contributed by atoms with van der Waals surface area (Å²) in [6.07, 6.45) is 5.28. The molecule has 3 aromatic rings. The van der Waals surface area contributed by atoms with Crippen LogP contribution in [-0.4, -0.2) is 55.1 Å². The van der Waals surface area contributed by atoms with Crippen LogP contribution in [0.1, 0.15) is 69.1 Å². The summed E-state index contributed by atoms with van der Waals surface area (Å²) in [5.74, 6) is 2.27. The molecule has 0 aromatic heterocycles. The number of ether oxygens (including phenoxy) is 4. The molecule has 1 unspecified atom stereocenters. The fourth-order valence-electron chi connectivity index (χ4n) is 5.66. The maximum atomic E-state index is 12.3. The van der Waals surface area contributed by atoms with Crippen LogP contribution in [0.25, 0.3) is 11.1 Å². The van der Waals surface area contributed by atoms with Gasteiger partial charge < -0.3 is 24.1 Å². The third-order valence-corrected chi connectivity index (χ3v) is 7.77. The number of rotatable bonds is 12. The van der Waals surface area contributed by atoms with Gasteiger partial charge in [0, 0.05) is 13.0 Å². The number of esters is 1. The lowest BCUT2D eigenvalue weighted by Gasteiger charge is -2.30. The van der Waals surface area contributed by atoms with Crippen molar-refractivity contribution in [1.29, 1.82) is 0 Å². The predicted octanol–water partition coefficient (Wildman–Crippen LogP) is 7.07. The molecule has 1 saturated heterocycles. The number of allylic oxidation sites excluding steroid dienone is 1. The highest BCUT2D eigenvalue weighted by Crippen LogP contribution is 2.40. The second-order valence-electron chi connectivity index (χ2n) is 10.9. The van der Waals surface area contributed by atoms with Crippen LogP contribution in [0.5, 0.6) is 23.0 Å². The predicted molar refractivity (Wildman–Crippen MR) is 164 cm³/mol. The number of aromatic hydroxyl groups is 1. The number of fused-ring (bicyclic) bond motifs is 1. The summed E-state index contributed by atoms with van der Waals surface area (Å²) in [5, 5.41) is 9.96. The fraction of sp³-hybridized carbons (Fsp3) is 0.400. The molecule has 7 heteroatoms. The summed E-state index contributed by atoms with van der Waals surface area (Å²) in [5.41, 5.74) is 5.30. The summed E-state index contributed by atoms with van der Waals surface area (Å²) in [7, 11) is 0. The summed E-state index contributed by atoms with van der Waals surface area (Å²) < 4.78 is 23.2. The van der Waals surface area contributed by atoms with E-state index >= 15 is 0 Å². The molecule has 7 nitrogen and oxygen atoms in total. The van der Waals surface area contributed by atoms with Crippen molar-refractivity contribution in [3.63, 3.8) is 0 Å². The Bertz CT molecular complexity index is 1360. The Balaban J connectivity index is 1.38. The molecule has 1 N–H and O–H groups in total. The van der Waals surface area contributed by atoms with Crippen molar-refractivity contribution in [2.24, 2.45) is 0 Å². The van der Waals surface area contributed by atoms with Gasteiger partial charge in [-0.1, -0.05) is 50.6 Å². The van der Waals surface area contributed by atoms with Crippen molar-refractivity contribution >= 4 is 17.1 Å². The first-order valence-corrected chi connectivity index (χ1v) is 15.1. The van der Waals surface area contributed by atoms with Gasteiger partial charge in [0.05, 0.1) is 0 Å². The molecule has 0 spiro atoms. The topological polar surface area (TPSA) is 77.5 Å². The van der Waals surface area contributed by atoms with Crippen molar-refractivity contribution in [1.82, 2.24) is 4.90 Å². The first-order chi connectivity index (χ1) is 20.5. The van der Waals surface area contributed by atoms with E-state index in [-0.39, 0.29) is 24.6 Å². The lowest BCUT2D eigenvalue weighted by molar-refractivity contribution is -0.151. The molecule has 0 aliphatic carbocycles. The molecule has 0 radical (unpaired) electrons. The highest BCUT2D eigenvalue weighted by molar-refractivity contribution is 5.99. The highest BCUT2D eigenvalue weighted by atomic mass is 16.7. The molecule has 2 aliphatic heterocycles.